The lowest BCUT2D eigenvalue weighted by Crippen LogP contribution is -2.35. The standard InChI is InChI=1S/C37H33Cl2FN6O4/c1-50-36-23(18-41-20-25-13-15-31(47)44-25)10-14-29(46-36)28-6-2-4-26(32(28)38)27-5-3-7-30(33(27)39)45-35-34(40)22(16-17-42-35)19-43-24-11-8-21(9-12-24)37(48)49/h2-12,14,16-17,25,41,43H,13,15,18-20H2,1H3,(H,42,45)(H,44,47)(H,48,49)/t25-/m0/s1. The Labute approximate surface area is 298 Å². The Morgan fingerprint density at radius 1 is 0.960 bits per heavy atom. The quantitative estimate of drug-likeness (QED) is 0.0831. The SMILES string of the molecule is COc1nc(-c2cccc(-c3cccc(Nc4nccc(CNc5ccc(C(=O)O)cc5)c4F)c3Cl)c2Cl)ccc1CNC[C@@H]1CCC(=O)N1. The van der Waals surface area contributed by atoms with Gasteiger partial charge in [0.25, 0.3) is 0 Å². The van der Waals surface area contributed by atoms with Crippen LogP contribution >= 0.6 is 23.2 Å². The number of nitrogens with zero attached hydrogens (tertiary/aromatic N) is 2. The third-order valence-corrected chi connectivity index (χ3v) is 9.14. The van der Waals surface area contributed by atoms with Crippen LogP contribution in [0.25, 0.3) is 22.4 Å². The van der Waals surface area contributed by atoms with Crippen LogP contribution in [0.5, 0.6) is 5.88 Å². The van der Waals surface area contributed by atoms with E-state index in [2.05, 4.69) is 26.3 Å². The number of hydrogen-bond donors (Lipinski definition) is 5. The van der Waals surface area contributed by atoms with E-state index < -0.39 is 11.8 Å². The van der Waals surface area contributed by atoms with Crippen molar-refractivity contribution in [3.05, 3.63) is 118 Å². The molecule has 256 valence electrons. The summed E-state index contributed by atoms with van der Waals surface area (Å²) in [6, 6.07) is 22.6. The molecule has 3 aromatic carbocycles. The van der Waals surface area contributed by atoms with Crippen LogP contribution < -0.4 is 26.0 Å². The number of nitrogens with one attached hydrogen (secondary N) is 4. The third-order valence-electron chi connectivity index (χ3n) is 8.32. The topological polar surface area (TPSA) is 138 Å². The number of amides is 1. The van der Waals surface area contributed by atoms with Crippen LogP contribution in [0.1, 0.15) is 34.3 Å². The summed E-state index contributed by atoms with van der Waals surface area (Å²) in [6.45, 7) is 1.31. The predicted octanol–water partition coefficient (Wildman–Crippen LogP) is 7.69. The van der Waals surface area contributed by atoms with Crippen molar-refractivity contribution in [1.82, 2.24) is 20.6 Å². The molecule has 1 amide bonds. The van der Waals surface area contributed by atoms with Gasteiger partial charge in [0.15, 0.2) is 11.6 Å². The van der Waals surface area contributed by atoms with E-state index in [-0.39, 0.29) is 29.9 Å². The van der Waals surface area contributed by atoms with Crippen molar-refractivity contribution in [2.24, 2.45) is 0 Å². The average Bonchev–Trinajstić information content (AvgIpc) is 3.54. The molecule has 1 fully saturated rings. The Morgan fingerprint density at radius 3 is 2.42 bits per heavy atom. The van der Waals surface area contributed by atoms with Crippen molar-refractivity contribution in [2.75, 3.05) is 24.3 Å². The molecule has 0 spiro atoms. The molecule has 10 nitrogen and oxygen atoms in total. The molecule has 5 N–H and O–H groups in total. The summed E-state index contributed by atoms with van der Waals surface area (Å²) >= 11 is 13.9. The number of anilines is 3. The minimum atomic E-state index is -1.02. The number of rotatable bonds is 13. The number of benzene rings is 3. The van der Waals surface area contributed by atoms with E-state index in [1.165, 1.54) is 18.3 Å². The molecule has 1 aliphatic heterocycles. The monoisotopic (exact) mass is 714 g/mol. The van der Waals surface area contributed by atoms with Gasteiger partial charge in [-0.3, -0.25) is 4.79 Å². The van der Waals surface area contributed by atoms with Crippen molar-refractivity contribution in [1.29, 1.82) is 0 Å². The smallest absolute Gasteiger partial charge is 0.335 e. The Morgan fingerprint density at radius 2 is 1.70 bits per heavy atom. The number of halogens is 3. The van der Waals surface area contributed by atoms with E-state index in [0.29, 0.717) is 74.8 Å². The number of pyridine rings is 2. The van der Waals surface area contributed by atoms with Crippen molar-refractivity contribution < 1.29 is 23.8 Å². The zero-order valence-corrected chi connectivity index (χ0v) is 28.4. The number of hydrogen-bond acceptors (Lipinski definition) is 8. The lowest BCUT2D eigenvalue weighted by atomic mass is 10.00. The van der Waals surface area contributed by atoms with Gasteiger partial charge in [-0.05, 0) is 48.9 Å². The number of carbonyl (C=O) groups is 2. The van der Waals surface area contributed by atoms with Crippen LogP contribution in [0.3, 0.4) is 0 Å². The van der Waals surface area contributed by atoms with Gasteiger partial charge in [-0.1, -0.05) is 59.6 Å². The normalized spacial score (nSPS) is 13.9. The highest BCUT2D eigenvalue weighted by molar-refractivity contribution is 6.39. The lowest BCUT2D eigenvalue weighted by molar-refractivity contribution is -0.119. The van der Waals surface area contributed by atoms with Crippen molar-refractivity contribution in [3.8, 4) is 28.3 Å². The zero-order valence-electron chi connectivity index (χ0n) is 26.9. The fourth-order valence-corrected chi connectivity index (χ4v) is 6.28. The lowest BCUT2D eigenvalue weighted by Gasteiger charge is -2.16. The highest BCUT2D eigenvalue weighted by Gasteiger charge is 2.21. The molecular formula is C37H33Cl2FN6O4. The summed E-state index contributed by atoms with van der Waals surface area (Å²) in [7, 11) is 1.56. The van der Waals surface area contributed by atoms with Crippen molar-refractivity contribution >= 4 is 52.3 Å². The third kappa shape index (κ3) is 7.81. The van der Waals surface area contributed by atoms with E-state index in [0.717, 1.165) is 12.0 Å². The van der Waals surface area contributed by atoms with Gasteiger partial charge in [0.1, 0.15) is 0 Å². The van der Waals surface area contributed by atoms with E-state index in [1.54, 1.807) is 37.4 Å². The van der Waals surface area contributed by atoms with Gasteiger partial charge in [0, 0.05) is 71.8 Å². The number of ether oxygens (including phenoxy) is 1. The van der Waals surface area contributed by atoms with E-state index in [1.807, 2.05) is 36.4 Å². The molecule has 1 aliphatic rings. The first-order chi connectivity index (χ1) is 24.2. The van der Waals surface area contributed by atoms with Crippen LogP contribution in [0.2, 0.25) is 10.0 Å². The maximum Gasteiger partial charge on any atom is 0.335 e. The van der Waals surface area contributed by atoms with E-state index in [9.17, 15) is 9.59 Å². The predicted molar refractivity (Wildman–Crippen MR) is 193 cm³/mol. The molecule has 13 heteroatoms. The molecule has 0 saturated carbocycles. The molecule has 0 radical (unpaired) electrons. The number of carboxylic acids is 1. The second-order valence-electron chi connectivity index (χ2n) is 11.6. The van der Waals surface area contributed by atoms with Gasteiger partial charge in [0.2, 0.25) is 11.8 Å². The molecule has 0 unspecified atom stereocenters. The van der Waals surface area contributed by atoms with Crippen LogP contribution in [0.15, 0.2) is 85.1 Å². The Hall–Kier alpha value is -5.23. The van der Waals surface area contributed by atoms with Gasteiger partial charge >= 0.3 is 5.97 Å². The van der Waals surface area contributed by atoms with Gasteiger partial charge in [-0.25, -0.2) is 19.2 Å². The number of methoxy groups -OCH3 is 1. The van der Waals surface area contributed by atoms with Gasteiger partial charge in [-0.15, -0.1) is 0 Å². The van der Waals surface area contributed by atoms with E-state index >= 15 is 4.39 Å². The molecule has 50 heavy (non-hydrogen) atoms. The second-order valence-corrected chi connectivity index (χ2v) is 12.4. The van der Waals surface area contributed by atoms with Crippen LogP contribution in [-0.4, -0.2) is 46.6 Å². The first kappa shape index (κ1) is 34.6. The number of carboxylic acid groups (broad SMARTS) is 1. The largest absolute Gasteiger partial charge is 0.481 e. The van der Waals surface area contributed by atoms with Crippen LogP contribution in [0, 0.1) is 5.82 Å². The Balaban J connectivity index is 1.19. The summed E-state index contributed by atoms with van der Waals surface area (Å²) in [5.41, 5.74) is 5.01. The highest BCUT2D eigenvalue weighted by Crippen LogP contribution is 2.42. The Kier molecular flexibility index (Phi) is 10.8. The summed E-state index contributed by atoms with van der Waals surface area (Å²) in [4.78, 5) is 31.5. The van der Waals surface area contributed by atoms with E-state index in [4.69, 9.17) is 38.0 Å². The minimum Gasteiger partial charge on any atom is -0.481 e. The first-order valence-electron chi connectivity index (χ1n) is 15.8. The highest BCUT2D eigenvalue weighted by atomic mass is 35.5. The van der Waals surface area contributed by atoms with Gasteiger partial charge in [-0.2, -0.15) is 0 Å². The molecule has 1 atom stereocenters. The first-order valence-corrected chi connectivity index (χ1v) is 16.6. The molecule has 0 aliphatic carbocycles. The van der Waals surface area contributed by atoms with Gasteiger partial charge < -0.3 is 31.1 Å². The second kappa shape index (κ2) is 15.5. The maximum atomic E-state index is 15.6. The molecule has 6 rings (SSSR count). The van der Waals surface area contributed by atoms with Crippen molar-refractivity contribution in [2.45, 2.75) is 32.0 Å². The minimum absolute atomic E-state index is 0.0108. The Bertz CT molecular complexity index is 2050. The average molecular weight is 716 g/mol. The summed E-state index contributed by atoms with van der Waals surface area (Å²) in [5, 5.41) is 22.3. The molecule has 3 heterocycles. The number of carbonyl (C=O) groups excluding carboxylic acids is 1. The maximum absolute atomic E-state index is 15.6. The van der Waals surface area contributed by atoms with Gasteiger partial charge in [0.05, 0.1) is 34.1 Å². The van der Waals surface area contributed by atoms with Crippen LogP contribution in [-0.2, 0) is 17.9 Å². The molecule has 2 aromatic heterocycles. The fraction of sp³-hybridized carbons (Fsp3) is 0.189. The number of aromatic nitrogens is 2. The summed E-state index contributed by atoms with van der Waals surface area (Å²) in [5.74, 6) is -1.06. The molecular weight excluding hydrogens is 682 g/mol. The number of aromatic carboxylic acids is 1. The summed E-state index contributed by atoms with van der Waals surface area (Å²) < 4.78 is 21.2. The van der Waals surface area contributed by atoms with Crippen molar-refractivity contribution in [3.63, 3.8) is 0 Å². The summed E-state index contributed by atoms with van der Waals surface area (Å²) in [6.07, 6.45) is 2.86. The van der Waals surface area contributed by atoms with Crippen LogP contribution in [0.4, 0.5) is 21.6 Å². The fourth-order valence-electron chi connectivity index (χ4n) is 5.68. The molecule has 5 aromatic rings. The molecule has 0 bridgehead atoms. The zero-order chi connectivity index (χ0) is 35.2. The molecule has 1 saturated heterocycles.